The second-order valence-corrected chi connectivity index (χ2v) is 6.65. The van der Waals surface area contributed by atoms with Crippen LogP contribution in [0.25, 0.3) is 28.3 Å². The van der Waals surface area contributed by atoms with Gasteiger partial charge in [0.05, 0.1) is 11.4 Å². The highest BCUT2D eigenvalue weighted by Gasteiger charge is 2.26. The molecule has 1 aliphatic heterocycles. The van der Waals surface area contributed by atoms with Gasteiger partial charge in [0, 0.05) is 30.9 Å². The van der Waals surface area contributed by atoms with Crippen molar-refractivity contribution in [3.63, 3.8) is 0 Å². The smallest absolute Gasteiger partial charge is 0.159 e. The molecule has 0 bridgehead atoms. The molecule has 0 radical (unpaired) electrons. The topological polar surface area (TPSA) is 35.1 Å². The Bertz CT molecular complexity index is 1120. The van der Waals surface area contributed by atoms with Crippen LogP contribution in [0.4, 0.5) is 8.78 Å². The Balaban J connectivity index is 1.79. The molecule has 0 amide bonds. The normalized spacial score (nSPS) is 13.5. The second-order valence-electron chi connectivity index (χ2n) is 6.65. The Morgan fingerprint density at radius 3 is 2.77 bits per heavy atom. The van der Waals surface area contributed by atoms with E-state index in [9.17, 15) is 8.78 Å². The predicted molar refractivity (Wildman–Crippen MR) is 94.8 cm³/mol. The third-order valence-electron chi connectivity index (χ3n) is 4.96. The Morgan fingerprint density at radius 2 is 1.92 bits per heavy atom. The van der Waals surface area contributed by atoms with E-state index in [-0.39, 0.29) is 0 Å². The minimum Gasteiger partial charge on any atom is -0.326 e. The van der Waals surface area contributed by atoms with Crippen LogP contribution in [-0.4, -0.2) is 18.9 Å². The number of rotatable bonds is 2. The zero-order valence-corrected chi connectivity index (χ0v) is 14.2. The lowest BCUT2D eigenvalue weighted by atomic mass is 10.0. The van der Waals surface area contributed by atoms with E-state index >= 15 is 0 Å². The molecule has 4 aromatic rings. The minimum absolute atomic E-state index is 0.609. The van der Waals surface area contributed by atoms with Crippen molar-refractivity contribution in [2.45, 2.75) is 26.3 Å². The molecule has 1 aliphatic rings. The van der Waals surface area contributed by atoms with Gasteiger partial charge >= 0.3 is 0 Å². The summed E-state index contributed by atoms with van der Waals surface area (Å²) in [5.41, 5.74) is 4.43. The number of hydrogen-bond donors (Lipinski definition) is 0. The van der Waals surface area contributed by atoms with Crippen molar-refractivity contribution >= 4 is 5.65 Å². The summed E-state index contributed by atoms with van der Waals surface area (Å²) in [6.45, 7) is 2.63. The molecule has 0 N–H and O–H groups in total. The first-order chi connectivity index (χ1) is 12.6. The van der Waals surface area contributed by atoms with Gasteiger partial charge in [-0.15, -0.1) is 0 Å². The Kier molecular flexibility index (Phi) is 3.22. The SMILES string of the molecule is Cc1cc(F)c(F)cc1-c1nc2n(c1-c1cn3ccccc3n1)CCC2. The molecule has 0 fully saturated rings. The van der Waals surface area contributed by atoms with Crippen LogP contribution in [0.5, 0.6) is 0 Å². The average molecular weight is 350 g/mol. The third kappa shape index (κ3) is 2.18. The first-order valence-electron chi connectivity index (χ1n) is 8.61. The van der Waals surface area contributed by atoms with E-state index in [4.69, 9.17) is 9.97 Å². The molecule has 1 aromatic carbocycles. The molecule has 0 aliphatic carbocycles. The minimum atomic E-state index is -0.861. The molecule has 130 valence electrons. The number of aromatic nitrogens is 4. The fraction of sp³-hybridized carbons (Fsp3) is 0.200. The third-order valence-corrected chi connectivity index (χ3v) is 4.96. The van der Waals surface area contributed by atoms with Crippen molar-refractivity contribution in [1.29, 1.82) is 0 Å². The number of nitrogens with zero attached hydrogens (tertiary/aromatic N) is 4. The molecule has 0 spiro atoms. The van der Waals surface area contributed by atoms with Gasteiger partial charge in [0.25, 0.3) is 0 Å². The lowest BCUT2D eigenvalue weighted by Gasteiger charge is -2.08. The van der Waals surface area contributed by atoms with Crippen LogP contribution < -0.4 is 0 Å². The summed E-state index contributed by atoms with van der Waals surface area (Å²) in [7, 11) is 0. The van der Waals surface area contributed by atoms with E-state index in [0.29, 0.717) is 16.8 Å². The summed E-state index contributed by atoms with van der Waals surface area (Å²) in [6.07, 6.45) is 5.80. The highest BCUT2D eigenvalue weighted by atomic mass is 19.2. The molecular formula is C20H16F2N4. The zero-order chi connectivity index (χ0) is 17.8. The number of benzene rings is 1. The van der Waals surface area contributed by atoms with E-state index in [1.807, 2.05) is 35.0 Å². The van der Waals surface area contributed by atoms with Gasteiger partial charge in [-0.3, -0.25) is 0 Å². The van der Waals surface area contributed by atoms with Crippen LogP contribution in [0.1, 0.15) is 17.8 Å². The quantitative estimate of drug-likeness (QED) is 0.537. The van der Waals surface area contributed by atoms with E-state index in [2.05, 4.69) is 4.57 Å². The van der Waals surface area contributed by atoms with Crippen LogP contribution in [0.2, 0.25) is 0 Å². The summed E-state index contributed by atoms with van der Waals surface area (Å²) < 4.78 is 31.6. The summed E-state index contributed by atoms with van der Waals surface area (Å²) in [5.74, 6) is -0.733. The molecule has 4 nitrogen and oxygen atoms in total. The van der Waals surface area contributed by atoms with E-state index in [1.165, 1.54) is 12.1 Å². The zero-order valence-electron chi connectivity index (χ0n) is 14.2. The second kappa shape index (κ2) is 5.49. The Morgan fingerprint density at radius 1 is 1.08 bits per heavy atom. The van der Waals surface area contributed by atoms with Crippen molar-refractivity contribution in [2.24, 2.45) is 0 Å². The summed E-state index contributed by atoms with van der Waals surface area (Å²) in [6, 6.07) is 8.28. The van der Waals surface area contributed by atoms with Crippen LogP contribution >= 0.6 is 0 Å². The maximum atomic E-state index is 13.9. The molecule has 0 unspecified atom stereocenters. The predicted octanol–water partition coefficient (Wildman–Crippen LogP) is 4.40. The summed E-state index contributed by atoms with van der Waals surface area (Å²) in [5, 5.41) is 0. The largest absolute Gasteiger partial charge is 0.326 e. The van der Waals surface area contributed by atoms with Crippen molar-refractivity contribution in [3.05, 3.63) is 65.7 Å². The molecule has 4 heterocycles. The summed E-state index contributed by atoms with van der Waals surface area (Å²) >= 11 is 0. The first kappa shape index (κ1) is 15.3. The fourth-order valence-electron chi connectivity index (χ4n) is 3.72. The van der Waals surface area contributed by atoms with Crippen LogP contribution in [0, 0.1) is 18.6 Å². The van der Waals surface area contributed by atoms with Crippen molar-refractivity contribution in [2.75, 3.05) is 0 Å². The van der Waals surface area contributed by atoms with Crippen molar-refractivity contribution in [3.8, 4) is 22.6 Å². The van der Waals surface area contributed by atoms with Gasteiger partial charge in [0.1, 0.15) is 17.2 Å². The summed E-state index contributed by atoms with van der Waals surface area (Å²) in [4.78, 5) is 9.49. The molecule has 0 saturated heterocycles. The van der Waals surface area contributed by atoms with Crippen LogP contribution in [0.15, 0.2) is 42.7 Å². The van der Waals surface area contributed by atoms with Gasteiger partial charge in [-0.25, -0.2) is 18.7 Å². The molecule has 5 rings (SSSR count). The number of halogens is 2. The molecule has 26 heavy (non-hydrogen) atoms. The molecule has 6 heteroatoms. The first-order valence-corrected chi connectivity index (χ1v) is 8.61. The maximum Gasteiger partial charge on any atom is 0.159 e. The number of fused-ring (bicyclic) bond motifs is 2. The highest BCUT2D eigenvalue weighted by Crippen LogP contribution is 2.37. The van der Waals surface area contributed by atoms with Gasteiger partial charge < -0.3 is 8.97 Å². The molecule has 0 atom stereocenters. The van der Waals surface area contributed by atoms with Gasteiger partial charge in [-0.05, 0) is 43.2 Å². The van der Waals surface area contributed by atoms with E-state index < -0.39 is 11.6 Å². The number of hydrogen-bond acceptors (Lipinski definition) is 2. The number of aryl methyl sites for hydroxylation is 2. The van der Waals surface area contributed by atoms with Crippen LogP contribution in [-0.2, 0) is 13.0 Å². The van der Waals surface area contributed by atoms with E-state index in [1.54, 1.807) is 6.92 Å². The highest BCUT2D eigenvalue weighted by molar-refractivity contribution is 5.80. The lowest BCUT2D eigenvalue weighted by Crippen LogP contribution is -1.98. The molecule has 3 aromatic heterocycles. The number of imidazole rings is 2. The van der Waals surface area contributed by atoms with Gasteiger partial charge in [0.2, 0.25) is 0 Å². The van der Waals surface area contributed by atoms with Gasteiger partial charge in [0.15, 0.2) is 11.6 Å². The number of pyridine rings is 1. The average Bonchev–Trinajstić information content (AvgIpc) is 3.30. The monoisotopic (exact) mass is 350 g/mol. The van der Waals surface area contributed by atoms with Gasteiger partial charge in [-0.2, -0.15) is 0 Å². The van der Waals surface area contributed by atoms with Crippen molar-refractivity contribution in [1.82, 2.24) is 18.9 Å². The maximum absolute atomic E-state index is 13.9. The van der Waals surface area contributed by atoms with Crippen LogP contribution in [0.3, 0.4) is 0 Å². The van der Waals surface area contributed by atoms with E-state index in [0.717, 1.165) is 42.2 Å². The van der Waals surface area contributed by atoms with Crippen molar-refractivity contribution < 1.29 is 8.78 Å². The Labute approximate surface area is 148 Å². The fourth-order valence-corrected chi connectivity index (χ4v) is 3.72. The molecule has 0 saturated carbocycles. The Hall–Kier alpha value is -3.02. The van der Waals surface area contributed by atoms with Gasteiger partial charge in [-0.1, -0.05) is 6.07 Å². The molecular weight excluding hydrogens is 334 g/mol. The standard InChI is InChI=1S/C20H16F2N4/c1-12-9-14(21)15(22)10-13(12)19-20(26-8-4-6-18(26)24-19)16-11-25-7-3-2-5-17(25)23-16/h2-3,5,7,9-11H,4,6,8H2,1H3. The lowest BCUT2D eigenvalue weighted by molar-refractivity contribution is 0.508.